The maximum atomic E-state index is 12.1. The van der Waals surface area contributed by atoms with Crippen LogP contribution in [0.3, 0.4) is 0 Å². The average Bonchev–Trinajstić information content (AvgIpc) is 2.88. The molecule has 4 nitrogen and oxygen atoms in total. The number of carboxylic acid groups (broad SMARTS) is 1. The molecule has 0 saturated heterocycles. The van der Waals surface area contributed by atoms with Crippen molar-refractivity contribution in [3.8, 4) is 0 Å². The molecule has 0 aromatic heterocycles. The van der Waals surface area contributed by atoms with Crippen LogP contribution in [0.25, 0.3) is 0 Å². The monoisotopic (exact) mass is 522 g/mol. The van der Waals surface area contributed by atoms with Gasteiger partial charge >= 0.3 is 11.9 Å². The van der Waals surface area contributed by atoms with Crippen LogP contribution < -0.4 is 0 Å². The second-order valence-corrected chi connectivity index (χ2v) is 11.0. The summed E-state index contributed by atoms with van der Waals surface area (Å²) in [6.45, 7) is 4.50. The SMILES string of the molecule is CCCCCC/C=C\CCCCCCCC(=O)OC(CCCCCCCCCCCCCCC)C(=O)O. The Labute approximate surface area is 230 Å². The van der Waals surface area contributed by atoms with Gasteiger partial charge in [-0.05, 0) is 44.9 Å². The third kappa shape index (κ3) is 27.5. The van der Waals surface area contributed by atoms with Crippen LogP contribution in [0.4, 0.5) is 0 Å². The first kappa shape index (κ1) is 35.7. The summed E-state index contributed by atoms with van der Waals surface area (Å²) in [7, 11) is 0. The zero-order valence-corrected chi connectivity index (χ0v) is 24.8. The fourth-order valence-electron chi connectivity index (χ4n) is 4.78. The quantitative estimate of drug-likeness (QED) is 0.0602. The van der Waals surface area contributed by atoms with Gasteiger partial charge in [-0.2, -0.15) is 0 Å². The molecule has 0 radical (unpaired) electrons. The second-order valence-electron chi connectivity index (χ2n) is 11.0. The van der Waals surface area contributed by atoms with Crippen molar-refractivity contribution in [2.24, 2.45) is 0 Å². The predicted octanol–water partition coefficient (Wildman–Crippen LogP) is 10.7. The first-order valence-corrected chi connectivity index (χ1v) is 16.2. The minimum atomic E-state index is -1.01. The van der Waals surface area contributed by atoms with Crippen LogP contribution in [-0.4, -0.2) is 23.1 Å². The van der Waals surface area contributed by atoms with Gasteiger partial charge in [-0.25, -0.2) is 4.79 Å². The molecule has 1 unspecified atom stereocenters. The van der Waals surface area contributed by atoms with E-state index in [1.807, 2.05) is 0 Å². The molecule has 1 atom stereocenters. The molecule has 4 heteroatoms. The summed E-state index contributed by atoms with van der Waals surface area (Å²) in [6, 6.07) is 0. The number of aliphatic carboxylic acids is 1. The first-order chi connectivity index (χ1) is 18.1. The van der Waals surface area contributed by atoms with Crippen molar-refractivity contribution < 1.29 is 19.4 Å². The van der Waals surface area contributed by atoms with Gasteiger partial charge in [-0.15, -0.1) is 0 Å². The summed E-state index contributed by atoms with van der Waals surface area (Å²) >= 11 is 0. The smallest absolute Gasteiger partial charge is 0.345 e. The van der Waals surface area contributed by atoms with Crippen LogP contribution in [0.5, 0.6) is 0 Å². The number of rotatable bonds is 29. The Morgan fingerprint density at radius 3 is 1.41 bits per heavy atom. The number of carbonyl (C=O) groups excluding carboxylic acids is 1. The third-order valence-electron chi connectivity index (χ3n) is 7.26. The van der Waals surface area contributed by atoms with E-state index in [9.17, 15) is 14.7 Å². The van der Waals surface area contributed by atoms with Crippen molar-refractivity contribution >= 4 is 11.9 Å². The van der Waals surface area contributed by atoms with Gasteiger partial charge in [-0.1, -0.05) is 142 Å². The van der Waals surface area contributed by atoms with E-state index in [0.717, 1.165) is 44.9 Å². The third-order valence-corrected chi connectivity index (χ3v) is 7.26. The van der Waals surface area contributed by atoms with E-state index in [4.69, 9.17) is 4.74 Å². The molecular weight excluding hydrogens is 460 g/mol. The number of hydrogen-bond donors (Lipinski definition) is 1. The summed E-state index contributed by atoms with van der Waals surface area (Å²) in [5, 5.41) is 9.41. The number of ether oxygens (including phenoxy) is 1. The van der Waals surface area contributed by atoms with Crippen LogP contribution in [-0.2, 0) is 14.3 Å². The molecule has 0 rings (SSSR count). The molecule has 1 N–H and O–H groups in total. The molecule has 218 valence electrons. The maximum Gasteiger partial charge on any atom is 0.345 e. The second kappa shape index (κ2) is 29.2. The van der Waals surface area contributed by atoms with Crippen molar-refractivity contribution in [3.63, 3.8) is 0 Å². The molecule has 0 saturated carbocycles. The zero-order chi connectivity index (χ0) is 27.2. The lowest BCUT2D eigenvalue weighted by molar-refractivity contribution is -0.164. The Kier molecular flexibility index (Phi) is 28.2. The van der Waals surface area contributed by atoms with Gasteiger partial charge in [0.15, 0.2) is 6.10 Å². The Bertz CT molecular complexity index is 528. The molecule has 0 aromatic rings. The van der Waals surface area contributed by atoms with E-state index in [1.54, 1.807) is 0 Å². The standard InChI is InChI=1S/C33H62O4/c1-3-5-7-9-11-13-15-17-19-21-23-25-27-29-31(33(35)36)37-32(34)30-28-26-24-22-20-18-16-14-12-10-8-6-4-2/h14,16,31H,3-13,15,17-30H2,1-2H3,(H,35,36)/b16-14-. The minimum absolute atomic E-state index is 0.333. The molecule has 0 aromatic carbocycles. The Balaban J connectivity index is 3.60. The number of carboxylic acids is 1. The molecule has 0 spiro atoms. The summed E-state index contributed by atoms with van der Waals surface area (Å²) in [5.74, 6) is -1.36. The van der Waals surface area contributed by atoms with Crippen molar-refractivity contribution in [2.75, 3.05) is 0 Å². The Hall–Kier alpha value is -1.32. The Morgan fingerprint density at radius 1 is 0.568 bits per heavy atom. The van der Waals surface area contributed by atoms with Gasteiger partial charge in [-0.3, -0.25) is 4.79 Å². The number of carbonyl (C=O) groups is 2. The zero-order valence-electron chi connectivity index (χ0n) is 24.8. The van der Waals surface area contributed by atoms with E-state index < -0.39 is 12.1 Å². The van der Waals surface area contributed by atoms with E-state index >= 15 is 0 Å². The average molecular weight is 523 g/mol. The normalized spacial score (nSPS) is 12.3. The van der Waals surface area contributed by atoms with Gasteiger partial charge in [0, 0.05) is 6.42 Å². The summed E-state index contributed by atoms with van der Waals surface area (Å²) in [4.78, 5) is 23.6. The van der Waals surface area contributed by atoms with Gasteiger partial charge in [0.05, 0.1) is 0 Å². The largest absolute Gasteiger partial charge is 0.479 e. The van der Waals surface area contributed by atoms with Crippen molar-refractivity contribution in [1.29, 1.82) is 0 Å². The van der Waals surface area contributed by atoms with Crippen LogP contribution >= 0.6 is 0 Å². The number of hydrogen-bond acceptors (Lipinski definition) is 3. The van der Waals surface area contributed by atoms with Gasteiger partial charge in [0.25, 0.3) is 0 Å². The van der Waals surface area contributed by atoms with Crippen molar-refractivity contribution in [2.45, 2.75) is 187 Å². The number of esters is 1. The lowest BCUT2D eigenvalue weighted by atomic mass is 10.0. The molecule has 0 heterocycles. The van der Waals surface area contributed by atoms with Gasteiger partial charge < -0.3 is 9.84 Å². The van der Waals surface area contributed by atoms with Crippen LogP contribution in [0.2, 0.25) is 0 Å². The molecule has 37 heavy (non-hydrogen) atoms. The van der Waals surface area contributed by atoms with Crippen LogP contribution in [0.1, 0.15) is 181 Å². The number of allylic oxidation sites excluding steroid dienone is 2. The highest BCUT2D eigenvalue weighted by atomic mass is 16.6. The fraction of sp³-hybridized carbons (Fsp3) is 0.879. The highest BCUT2D eigenvalue weighted by Gasteiger charge is 2.21. The Morgan fingerprint density at radius 2 is 0.946 bits per heavy atom. The van der Waals surface area contributed by atoms with Crippen molar-refractivity contribution in [1.82, 2.24) is 0 Å². The lowest BCUT2D eigenvalue weighted by Gasteiger charge is -2.13. The van der Waals surface area contributed by atoms with Crippen LogP contribution in [0, 0.1) is 0 Å². The molecule has 0 fully saturated rings. The lowest BCUT2D eigenvalue weighted by Crippen LogP contribution is -2.27. The van der Waals surface area contributed by atoms with Crippen LogP contribution in [0.15, 0.2) is 12.2 Å². The van der Waals surface area contributed by atoms with E-state index in [1.165, 1.54) is 109 Å². The molecule has 0 aliphatic carbocycles. The molecule has 0 amide bonds. The summed E-state index contributed by atoms with van der Waals surface area (Å²) in [6.07, 6.45) is 33.7. The molecule has 0 aliphatic heterocycles. The summed E-state index contributed by atoms with van der Waals surface area (Å²) in [5.41, 5.74) is 0. The molecule has 0 bridgehead atoms. The van der Waals surface area contributed by atoms with E-state index in [2.05, 4.69) is 26.0 Å². The highest BCUT2D eigenvalue weighted by Crippen LogP contribution is 2.15. The predicted molar refractivity (Wildman–Crippen MR) is 158 cm³/mol. The first-order valence-electron chi connectivity index (χ1n) is 16.2. The molecule has 0 aliphatic rings. The van der Waals surface area contributed by atoms with Crippen molar-refractivity contribution in [3.05, 3.63) is 12.2 Å². The van der Waals surface area contributed by atoms with Gasteiger partial charge in [0.2, 0.25) is 0 Å². The number of unbranched alkanes of at least 4 members (excludes halogenated alkanes) is 21. The van der Waals surface area contributed by atoms with E-state index in [0.29, 0.717) is 12.8 Å². The fourth-order valence-corrected chi connectivity index (χ4v) is 4.78. The van der Waals surface area contributed by atoms with Gasteiger partial charge in [0.1, 0.15) is 0 Å². The minimum Gasteiger partial charge on any atom is -0.479 e. The highest BCUT2D eigenvalue weighted by molar-refractivity contribution is 5.77. The topological polar surface area (TPSA) is 63.6 Å². The van der Waals surface area contributed by atoms with E-state index in [-0.39, 0.29) is 5.97 Å². The molecular formula is C33H62O4. The summed E-state index contributed by atoms with van der Waals surface area (Å²) < 4.78 is 5.28. The maximum absolute atomic E-state index is 12.1.